The van der Waals surface area contributed by atoms with E-state index in [-0.39, 0.29) is 11.8 Å². The minimum atomic E-state index is -0.108. The lowest BCUT2D eigenvalue weighted by atomic mass is 10.1. The maximum absolute atomic E-state index is 12.7. The summed E-state index contributed by atoms with van der Waals surface area (Å²) in [6.45, 7) is 4.36. The lowest BCUT2D eigenvalue weighted by Crippen LogP contribution is -2.49. The van der Waals surface area contributed by atoms with Gasteiger partial charge in [0.05, 0.1) is 16.6 Å². The first-order valence-corrected chi connectivity index (χ1v) is 10.6. The van der Waals surface area contributed by atoms with Crippen LogP contribution in [0.25, 0.3) is 10.2 Å². The zero-order valence-electron chi connectivity index (χ0n) is 16.0. The lowest BCUT2D eigenvalue weighted by Gasteiger charge is -2.34. The first-order chi connectivity index (χ1) is 14.0. The Bertz CT molecular complexity index is 1040. The van der Waals surface area contributed by atoms with Crippen molar-refractivity contribution in [2.45, 2.75) is 13.3 Å². The highest BCUT2D eigenvalue weighted by Crippen LogP contribution is 2.31. The van der Waals surface area contributed by atoms with Gasteiger partial charge in [-0.1, -0.05) is 35.1 Å². The molecule has 0 unspecified atom stereocenters. The Labute approximate surface area is 178 Å². The molecule has 0 atom stereocenters. The molecule has 0 saturated carbocycles. The number of carbonyl (C=O) groups is 2. The van der Waals surface area contributed by atoms with Crippen LogP contribution in [0, 0.1) is 0 Å². The maximum Gasteiger partial charge on any atom is 0.227 e. The average Bonchev–Trinajstić information content (AvgIpc) is 3.12. The number of hydrogen-bond acceptors (Lipinski definition) is 5. The molecule has 2 aromatic carbocycles. The molecule has 150 valence electrons. The lowest BCUT2D eigenvalue weighted by molar-refractivity contribution is -0.130. The van der Waals surface area contributed by atoms with E-state index in [4.69, 9.17) is 16.6 Å². The highest BCUT2D eigenvalue weighted by molar-refractivity contribution is 7.22. The van der Waals surface area contributed by atoms with Gasteiger partial charge in [-0.25, -0.2) is 4.98 Å². The summed E-state index contributed by atoms with van der Waals surface area (Å²) in [5, 5.41) is 4.42. The molecule has 0 spiro atoms. The van der Waals surface area contributed by atoms with Crippen molar-refractivity contribution in [3.63, 3.8) is 0 Å². The molecule has 3 aromatic rings. The molecule has 0 aliphatic carbocycles. The van der Waals surface area contributed by atoms with Crippen LogP contribution in [0.2, 0.25) is 5.02 Å². The monoisotopic (exact) mass is 428 g/mol. The van der Waals surface area contributed by atoms with Crippen LogP contribution >= 0.6 is 22.9 Å². The number of hydrogen-bond donors (Lipinski definition) is 1. The zero-order valence-corrected chi connectivity index (χ0v) is 17.6. The van der Waals surface area contributed by atoms with Crippen molar-refractivity contribution in [1.29, 1.82) is 0 Å². The molecule has 8 heteroatoms. The van der Waals surface area contributed by atoms with Crippen molar-refractivity contribution in [1.82, 2.24) is 9.88 Å². The van der Waals surface area contributed by atoms with Crippen molar-refractivity contribution in [2.24, 2.45) is 0 Å². The fraction of sp³-hybridized carbons (Fsp3) is 0.286. The van der Waals surface area contributed by atoms with Crippen molar-refractivity contribution in [3.8, 4) is 0 Å². The van der Waals surface area contributed by atoms with Crippen molar-refractivity contribution < 1.29 is 9.59 Å². The van der Waals surface area contributed by atoms with E-state index in [0.717, 1.165) is 39.7 Å². The van der Waals surface area contributed by atoms with Crippen LogP contribution < -0.4 is 10.2 Å². The third-order valence-corrected chi connectivity index (χ3v) is 6.19. The summed E-state index contributed by atoms with van der Waals surface area (Å²) in [6.07, 6.45) is 0.361. The first-order valence-electron chi connectivity index (χ1n) is 9.43. The number of carbonyl (C=O) groups excluding carboxylic acids is 2. The number of rotatable bonds is 4. The minimum absolute atomic E-state index is 0.108. The molecule has 0 bridgehead atoms. The topological polar surface area (TPSA) is 65.5 Å². The van der Waals surface area contributed by atoms with Gasteiger partial charge in [0.2, 0.25) is 11.8 Å². The Hall–Kier alpha value is -2.64. The molecule has 29 heavy (non-hydrogen) atoms. The second-order valence-corrected chi connectivity index (χ2v) is 8.48. The predicted octanol–water partition coefficient (Wildman–Crippen LogP) is 3.80. The molecule has 4 rings (SSSR count). The normalized spacial score (nSPS) is 14.3. The largest absolute Gasteiger partial charge is 0.345 e. The molecule has 2 heterocycles. The zero-order chi connectivity index (χ0) is 20.4. The quantitative estimate of drug-likeness (QED) is 0.686. The van der Waals surface area contributed by atoms with Gasteiger partial charge in [0.25, 0.3) is 0 Å². The summed E-state index contributed by atoms with van der Waals surface area (Å²) < 4.78 is 1.08. The Morgan fingerprint density at radius 2 is 1.83 bits per heavy atom. The molecule has 1 saturated heterocycles. The fourth-order valence-corrected chi connectivity index (χ4v) is 4.66. The van der Waals surface area contributed by atoms with E-state index in [9.17, 15) is 9.59 Å². The van der Waals surface area contributed by atoms with E-state index < -0.39 is 0 Å². The van der Waals surface area contributed by atoms with Crippen LogP contribution in [-0.4, -0.2) is 47.9 Å². The first kappa shape index (κ1) is 19.7. The van der Waals surface area contributed by atoms with Gasteiger partial charge < -0.3 is 15.1 Å². The molecule has 1 aliphatic heterocycles. The Kier molecular flexibility index (Phi) is 5.69. The molecular formula is C21H21ClN4O2S. The summed E-state index contributed by atoms with van der Waals surface area (Å²) in [5.41, 5.74) is 2.63. The molecule has 1 fully saturated rings. The number of amides is 2. The van der Waals surface area contributed by atoms with Gasteiger partial charge in [-0.05, 0) is 35.9 Å². The second kappa shape index (κ2) is 8.39. The number of nitrogens with zero attached hydrogens (tertiary/aromatic N) is 3. The van der Waals surface area contributed by atoms with Crippen LogP contribution in [-0.2, 0) is 16.0 Å². The van der Waals surface area contributed by atoms with Crippen LogP contribution in [0.5, 0.6) is 0 Å². The van der Waals surface area contributed by atoms with E-state index in [1.54, 1.807) is 11.3 Å². The van der Waals surface area contributed by atoms with Crippen molar-refractivity contribution >= 4 is 55.8 Å². The SMILES string of the molecule is CC(=O)Nc1ccc(CC(=O)N2CCN(c3nc4ccc(Cl)cc4s3)CC2)cc1. The minimum Gasteiger partial charge on any atom is -0.345 e. The van der Waals surface area contributed by atoms with Gasteiger partial charge in [0.15, 0.2) is 5.13 Å². The molecular weight excluding hydrogens is 408 g/mol. The van der Waals surface area contributed by atoms with Crippen LogP contribution in [0.15, 0.2) is 42.5 Å². The van der Waals surface area contributed by atoms with Gasteiger partial charge in [0, 0.05) is 43.8 Å². The van der Waals surface area contributed by atoms with E-state index in [1.807, 2.05) is 47.4 Å². The number of anilines is 2. The predicted molar refractivity (Wildman–Crippen MR) is 118 cm³/mol. The number of benzene rings is 2. The second-order valence-electron chi connectivity index (χ2n) is 7.03. The molecule has 0 radical (unpaired) electrons. The highest BCUT2D eigenvalue weighted by atomic mass is 35.5. The van der Waals surface area contributed by atoms with E-state index in [0.29, 0.717) is 24.5 Å². The number of piperazine rings is 1. The number of aromatic nitrogens is 1. The fourth-order valence-electron chi connectivity index (χ4n) is 3.36. The molecule has 1 aliphatic rings. The molecule has 6 nitrogen and oxygen atoms in total. The van der Waals surface area contributed by atoms with E-state index >= 15 is 0 Å². The molecule has 1 aromatic heterocycles. The Morgan fingerprint density at radius 3 is 2.52 bits per heavy atom. The third kappa shape index (κ3) is 4.68. The maximum atomic E-state index is 12.7. The smallest absolute Gasteiger partial charge is 0.227 e. The Morgan fingerprint density at radius 1 is 1.10 bits per heavy atom. The summed E-state index contributed by atoms with van der Waals surface area (Å²) in [4.78, 5) is 32.6. The van der Waals surface area contributed by atoms with Gasteiger partial charge in [-0.15, -0.1) is 0 Å². The van der Waals surface area contributed by atoms with Gasteiger partial charge in [-0.2, -0.15) is 0 Å². The van der Waals surface area contributed by atoms with Crippen molar-refractivity contribution in [3.05, 3.63) is 53.1 Å². The summed E-state index contributed by atoms with van der Waals surface area (Å²) in [5.74, 6) is 0.0101. The standard InChI is InChI=1S/C21H21ClN4O2S/c1-14(27)23-17-5-2-15(3-6-17)12-20(28)25-8-10-26(11-9-25)21-24-18-7-4-16(22)13-19(18)29-21/h2-7,13H,8-12H2,1H3,(H,23,27). The van der Waals surface area contributed by atoms with Crippen LogP contribution in [0.4, 0.5) is 10.8 Å². The molecule has 1 N–H and O–H groups in total. The highest BCUT2D eigenvalue weighted by Gasteiger charge is 2.23. The van der Waals surface area contributed by atoms with Gasteiger partial charge >= 0.3 is 0 Å². The average molecular weight is 429 g/mol. The number of halogens is 1. The number of nitrogens with one attached hydrogen (secondary N) is 1. The van der Waals surface area contributed by atoms with E-state index in [1.165, 1.54) is 6.92 Å². The van der Waals surface area contributed by atoms with Crippen molar-refractivity contribution in [2.75, 3.05) is 36.4 Å². The third-order valence-electron chi connectivity index (χ3n) is 4.87. The van der Waals surface area contributed by atoms with E-state index in [2.05, 4.69) is 10.2 Å². The van der Waals surface area contributed by atoms with Gasteiger partial charge in [0.1, 0.15) is 0 Å². The Balaban J connectivity index is 1.33. The molecule has 2 amide bonds. The van der Waals surface area contributed by atoms with Gasteiger partial charge in [-0.3, -0.25) is 9.59 Å². The summed E-state index contributed by atoms with van der Waals surface area (Å²) in [7, 11) is 0. The van der Waals surface area contributed by atoms with Crippen LogP contribution in [0.1, 0.15) is 12.5 Å². The number of thiazole rings is 1. The summed E-state index contributed by atoms with van der Waals surface area (Å²) >= 11 is 7.70. The summed E-state index contributed by atoms with van der Waals surface area (Å²) in [6, 6.07) is 13.1. The van der Waals surface area contributed by atoms with Crippen LogP contribution in [0.3, 0.4) is 0 Å². The number of fused-ring (bicyclic) bond motifs is 1.